The van der Waals surface area contributed by atoms with E-state index in [2.05, 4.69) is 24.5 Å². The van der Waals surface area contributed by atoms with Crippen LogP contribution in [-0.2, 0) is 0 Å². The molecule has 1 saturated carbocycles. The molecule has 1 unspecified atom stereocenters. The van der Waals surface area contributed by atoms with Crippen molar-refractivity contribution in [2.45, 2.75) is 45.2 Å². The van der Waals surface area contributed by atoms with Gasteiger partial charge in [-0.3, -0.25) is 0 Å². The summed E-state index contributed by atoms with van der Waals surface area (Å²) >= 11 is 0. The summed E-state index contributed by atoms with van der Waals surface area (Å²) in [5.74, 6) is 0. The molecule has 0 radical (unpaired) electrons. The third-order valence-corrected chi connectivity index (χ3v) is 3.32. The zero-order valence-electron chi connectivity index (χ0n) is 8.19. The van der Waals surface area contributed by atoms with Crippen LogP contribution in [0.3, 0.4) is 0 Å². The van der Waals surface area contributed by atoms with Gasteiger partial charge in [0.05, 0.1) is 0 Å². The van der Waals surface area contributed by atoms with E-state index in [1.807, 2.05) is 0 Å². The van der Waals surface area contributed by atoms with E-state index in [0.29, 0.717) is 11.5 Å². The van der Waals surface area contributed by atoms with Crippen LogP contribution < -0.4 is 10.6 Å². The molecule has 2 aliphatic rings. The third-order valence-electron chi connectivity index (χ3n) is 3.32. The molecular formula is C10H20N2. The van der Waals surface area contributed by atoms with Gasteiger partial charge in [-0.25, -0.2) is 0 Å². The minimum absolute atomic E-state index is 0.657. The lowest BCUT2D eigenvalue weighted by molar-refractivity contribution is 0.323. The molecule has 2 rings (SSSR count). The SMILES string of the molecule is CC(C)NC1CC12CCNCC2. The molecule has 1 heterocycles. The third kappa shape index (κ3) is 1.50. The number of rotatable bonds is 2. The monoisotopic (exact) mass is 168 g/mol. The van der Waals surface area contributed by atoms with Gasteiger partial charge in [0, 0.05) is 12.1 Å². The lowest BCUT2D eigenvalue weighted by Crippen LogP contribution is -2.35. The van der Waals surface area contributed by atoms with E-state index in [-0.39, 0.29) is 0 Å². The number of nitrogens with one attached hydrogen (secondary N) is 2. The number of piperidine rings is 1. The first-order valence-corrected chi connectivity index (χ1v) is 5.20. The fourth-order valence-electron chi connectivity index (χ4n) is 2.46. The van der Waals surface area contributed by atoms with E-state index in [0.717, 1.165) is 6.04 Å². The van der Waals surface area contributed by atoms with E-state index in [1.54, 1.807) is 0 Å². The fraction of sp³-hybridized carbons (Fsp3) is 1.00. The van der Waals surface area contributed by atoms with Crippen molar-refractivity contribution in [1.82, 2.24) is 10.6 Å². The molecule has 1 aliphatic heterocycles. The summed E-state index contributed by atoms with van der Waals surface area (Å²) in [6.45, 7) is 6.95. The molecule has 2 nitrogen and oxygen atoms in total. The first-order chi connectivity index (χ1) is 5.73. The maximum Gasteiger partial charge on any atom is 0.0133 e. The summed E-state index contributed by atoms with van der Waals surface area (Å²) in [5.41, 5.74) is 0.704. The summed E-state index contributed by atoms with van der Waals surface area (Å²) < 4.78 is 0. The Kier molecular flexibility index (Phi) is 2.13. The molecule has 0 amide bonds. The van der Waals surface area contributed by atoms with Crippen LogP contribution in [0.5, 0.6) is 0 Å². The molecule has 12 heavy (non-hydrogen) atoms. The van der Waals surface area contributed by atoms with Gasteiger partial charge in [-0.1, -0.05) is 13.8 Å². The predicted molar refractivity (Wildman–Crippen MR) is 51.2 cm³/mol. The summed E-state index contributed by atoms with van der Waals surface area (Å²) in [7, 11) is 0. The summed E-state index contributed by atoms with van der Waals surface area (Å²) in [5, 5.41) is 7.08. The minimum Gasteiger partial charge on any atom is -0.317 e. The molecule has 1 saturated heterocycles. The summed E-state index contributed by atoms with van der Waals surface area (Å²) in [6, 6.07) is 1.49. The van der Waals surface area contributed by atoms with Gasteiger partial charge in [0.1, 0.15) is 0 Å². The molecule has 0 bridgehead atoms. The topological polar surface area (TPSA) is 24.1 Å². The van der Waals surface area contributed by atoms with Gasteiger partial charge in [-0.2, -0.15) is 0 Å². The highest BCUT2D eigenvalue weighted by molar-refractivity contribution is 5.09. The molecule has 1 atom stereocenters. The Bertz CT molecular complexity index is 159. The second-order valence-electron chi connectivity index (χ2n) is 4.69. The normalized spacial score (nSPS) is 32.8. The van der Waals surface area contributed by atoms with Gasteiger partial charge < -0.3 is 10.6 Å². The van der Waals surface area contributed by atoms with E-state index in [9.17, 15) is 0 Å². The van der Waals surface area contributed by atoms with Crippen molar-refractivity contribution in [3.63, 3.8) is 0 Å². The summed E-state index contributed by atoms with van der Waals surface area (Å²) in [4.78, 5) is 0. The Balaban J connectivity index is 1.83. The van der Waals surface area contributed by atoms with Gasteiger partial charge >= 0.3 is 0 Å². The van der Waals surface area contributed by atoms with Crippen molar-refractivity contribution < 1.29 is 0 Å². The maximum absolute atomic E-state index is 3.65. The van der Waals surface area contributed by atoms with Gasteiger partial charge in [0.15, 0.2) is 0 Å². The van der Waals surface area contributed by atoms with Crippen LogP contribution in [0.1, 0.15) is 33.1 Å². The Hall–Kier alpha value is -0.0800. The molecule has 2 heteroatoms. The second-order valence-corrected chi connectivity index (χ2v) is 4.69. The first kappa shape index (κ1) is 8.52. The van der Waals surface area contributed by atoms with Crippen molar-refractivity contribution in [3.8, 4) is 0 Å². The molecule has 0 aromatic heterocycles. The predicted octanol–water partition coefficient (Wildman–Crippen LogP) is 1.13. The number of hydrogen-bond donors (Lipinski definition) is 2. The Labute approximate surface area is 75.1 Å². The van der Waals surface area contributed by atoms with Gasteiger partial charge in [0.2, 0.25) is 0 Å². The highest BCUT2D eigenvalue weighted by Gasteiger charge is 2.53. The van der Waals surface area contributed by atoms with Gasteiger partial charge in [0.25, 0.3) is 0 Å². The Morgan fingerprint density at radius 1 is 1.33 bits per heavy atom. The Morgan fingerprint density at radius 3 is 2.58 bits per heavy atom. The standard InChI is InChI=1S/C10H20N2/c1-8(2)12-9-7-10(9)3-5-11-6-4-10/h8-9,11-12H,3-7H2,1-2H3. The Morgan fingerprint density at radius 2 is 2.00 bits per heavy atom. The lowest BCUT2D eigenvalue weighted by atomic mass is 9.94. The van der Waals surface area contributed by atoms with Crippen molar-refractivity contribution in [2.24, 2.45) is 5.41 Å². The smallest absolute Gasteiger partial charge is 0.0133 e. The van der Waals surface area contributed by atoms with Crippen LogP contribution in [0.2, 0.25) is 0 Å². The van der Waals surface area contributed by atoms with Crippen LogP contribution in [0.15, 0.2) is 0 Å². The van der Waals surface area contributed by atoms with Crippen molar-refractivity contribution in [2.75, 3.05) is 13.1 Å². The quantitative estimate of drug-likeness (QED) is 0.646. The fourth-order valence-corrected chi connectivity index (χ4v) is 2.46. The van der Waals surface area contributed by atoms with E-state index < -0.39 is 0 Å². The zero-order chi connectivity index (χ0) is 8.60. The van der Waals surface area contributed by atoms with Gasteiger partial charge in [-0.05, 0) is 37.8 Å². The van der Waals surface area contributed by atoms with E-state index in [1.165, 1.54) is 32.4 Å². The largest absolute Gasteiger partial charge is 0.317 e. The molecule has 70 valence electrons. The lowest BCUT2D eigenvalue weighted by Gasteiger charge is -2.24. The molecule has 2 N–H and O–H groups in total. The molecule has 0 aromatic rings. The summed E-state index contributed by atoms with van der Waals surface area (Å²) in [6.07, 6.45) is 4.20. The van der Waals surface area contributed by atoms with Crippen LogP contribution in [0.25, 0.3) is 0 Å². The number of hydrogen-bond acceptors (Lipinski definition) is 2. The van der Waals surface area contributed by atoms with Crippen molar-refractivity contribution in [3.05, 3.63) is 0 Å². The zero-order valence-corrected chi connectivity index (χ0v) is 8.19. The molecule has 1 aliphatic carbocycles. The van der Waals surface area contributed by atoms with Gasteiger partial charge in [-0.15, -0.1) is 0 Å². The molecule has 1 spiro atoms. The average molecular weight is 168 g/mol. The van der Waals surface area contributed by atoms with Crippen LogP contribution >= 0.6 is 0 Å². The molecule has 0 aromatic carbocycles. The second kappa shape index (κ2) is 3.00. The molecule has 2 fully saturated rings. The molecular weight excluding hydrogens is 148 g/mol. The minimum atomic E-state index is 0.657. The maximum atomic E-state index is 3.65. The van der Waals surface area contributed by atoms with Crippen LogP contribution in [0, 0.1) is 5.41 Å². The highest BCUT2D eigenvalue weighted by Crippen LogP contribution is 2.52. The van der Waals surface area contributed by atoms with Crippen molar-refractivity contribution in [1.29, 1.82) is 0 Å². The van der Waals surface area contributed by atoms with E-state index >= 15 is 0 Å². The van der Waals surface area contributed by atoms with Crippen LogP contribution in [-0.4, -0.2) is 25.2 Å². The average Bonchev–Trinajstić information content (AvgIpc) is 2.63. The van der Waals surface area contributed by atoms with E-state index in [4.69, 9.17) is 0 Å². The first-order valence-electron chi connectivity index (χ1n) is 5.20. The highest BCUT2D eigenvalue weighted by atomic mass is 15.0. The van der Waals surface area contributed by atoms with Crippen molar-refractivity contribution >= 4 is 0 Å². The van der Waals surface area contributed by atoms with Crippen LogP contribution in [0.4, 0.5) is 0 Å².